The van der Waals surface area contributed by atoms with Gasteiger partial charge in [0.15, 0.2) is 51.8 Å². The number of benzene rings is 5. The van der Waals surface area contributed by atoms with Crippen LogP contribution in [0.1, 0.15) is 38.2 Å². The minimum atomic E-state index is -1.02. The molecule has 0 atom stereocenters. The number of aromatic hydroxyl groups is 5. The minimum Gasteiger partial charge on any atom is -0.509 e. The van der Waals surface area contributed by atoms with Crippen molar-refractivity contribution in [3.8, 4) is 51.7 Å². The van der Waals surface area contributed by atoms with E-state index in [0.717, 1.165) is 23.3 Å². The van der Waals surface area contributed by atoms with E-state index in [1.165, 1.54) is 101 Å². The molecule has 0 aliphatic heterocycles. The first kappa shape index (κ1) is 58.8. The number of aliphatic hydroxyl groups is 4. The summed E-state index contributed by atoms with van der Waals surface area (Å²) in [7, 11) is 5.82. The van der Waals surface area contributed by atoms with Crippen LogP contribution in [0.15, 0.2) is 139 Å². The number of aliphatic hydroxyl groups excluding tert-OH is 4. The Morgan fingerprint density at radius 1 is 0.514 bits per heavy atom. The van der Waals surface area contributed by atoms with Gasteiger partial charge in [0.2, 0.25) is 0 Å². The van der Waals surface area contributed by atoms with Gasteiger partial charge in [-0.15, -0.1) is 0 Å². The zero-order chi connectivity index (χ0) is 52.6. The van der Waals surface area contributed by atoms with Crippen LogP contribution in [0.25, 0.3) is 24.3 Å². The van der Waals surface area contributed by atoms with Crippen LogP contribution in [0.4, 0.5) is 0 Å². The van der Waals surface area contributed by atoms with Gasteiger partial charge in [-0.05, 0) is 113 Å². The smallest absolute Gasteiger partial charge is 0.328 e. The number of carboxylic acid groups (broad SMARTS) is 1. The fourth-order valence-corrected chi connectivity index (χ4v) is 4.95. The lowest BCUT2D eigenvalue weighted by Crippen LogP contribution is -1.99. The van der Waals surface area contributed by atoms with E-state index >= 15 is 0 Å². The number of ketones is 1. The number of phenols is 5. The van der Waals surface area contributed by atoms with Crippen molar-refractivity contribution in [2.75, 3.05) is 35.0 Å². The summed E-state index contributed by atoms with van der Waals surface area (Å²) < 4.78 is 19.5. The molecule has 0 amide bonds. The summed E-state index contributed by atoms with van der Waals surface area (Å²) in [5.74, 6) is -0.252. The molecule has 0 fully saturated rings. The molecule has 0 saturated heterocycles. The van der Waals surface area contributed by atoms with E-state index < -0.39 is 18.4 Å². The molecule has 0 aliphatic rings. The molecule has 18 nitrogen and oxygen atoms in total. The van der Waals surface area contributed by atoms with E-state index in [4.69, 9.17) is 44.5 Å². The van der Waals surface area contributed by atoms with Crippen molar-refractivity contribution in [1.82, 2.24) is 0 Å². The van der Waals surface area contributed by atoms with Crippen LogP contribution in [-0.4, -0.2) is 110 Å². The maximum Gasteiger partial charge on any atom is 0.328 e. The Hall–Kier alpha value is -9.26. The SMILES string of the molecule is C=C(O)/C=C/c1ccc(O)c(OC)c1.COc1cc(/C=C/C(=O)O)ccc1O.COc1cc(/C=C/C=O)ccc1O.COc1cc(C=O)ccc1O.O=C(/C=C(O)/C=C/c1ccc(O)c(CO)c1)CO. The summed E-state index contributed by atoms with van der Waals surface area (Å²) in [6.07, 6.45) is 13.7. The van der Waals surface area contributed by atoms with Gasteiger partial charge in [0.1, 0.15) is 36.4 Å². The molecule has 0 spiro atoms. The van der Waals surface area contributed by atoms with Gasteiger partial charge in [-0.2, -0.15) is 0 Å². The number of hydrogen-bond acceptors (Lipinski definition) is 17. The number of ether oxygens (including phenoxy) is 4. The Bertz CT molecular complexity index is 2590. The molecule has 18 heteroatoms. The van der Waals surface area contributed by atoms with E-state index in [-0.39, 0.29) is 46.9 Å². The Labute approximate surface area is 403 Å². The highest BCUT2D eigenvalue weighted by atomic mass is 16.5. The van der Waals surface area contributed by atoms with Crippen molar-refractivity contribution in [3.05, 3.63) is 173 Å². The van der Waals surface area contributed by atoms with Crippen LogP contribution < -0.4 is 18.9 Å². The maximum atomic E-state index is 10.8. The summed E-state index contributed by atoms with van der Waals surface area (Å²) in [5.41, 5.74) is 3.78. The summed E-state index contributed by atoms with van der Waals surface area (Å²) in [6, 6.07) is 23.3. The molecule has 5 aromatic rings. The molecule has 0 bridgehead atoms. The number of aliphatic carboxylic acids is 1. The number of rotatable bonds is 16. The third-order valence-electron chi connectivity index (χ3n) is 8.39. The van der Waals surface area contributed by atoms with Crippen molar-refractivity contribution in [2.45, 2.75) is 6.61 Å². The van der Waals surface area contributed by atoms with Gasteiger partial charge in [0.25, 0.3) is 0 Å². The fourth-order valence-electron chi connectivity index (χ4n) is 4.95. The molecule has 0 heterocycles. The standard InChI is InChI=1S/C13H14O5.C11H12O3.C10H10O4.C10H10O3.C8H8O3/c14-7-10-5-9(2-4-13(10)18)1-3-11(16)6-12(17)8-15;1-8(12)3-4-9-5-6-10(13)11(7-9)14-2;1-14-9-6-7(2-4-8(9)11)3-5-10(12)13;1-13-10-7-8(3-2-6-11)4-5-9(10)12;1-11-8-4-6(5-9)2-3-7(8)10/h1-6,14-16,18H,7-8H2;3-7,12-13H,1H2,2H3;2-6,11H,1H3,(H,12,13);2-7,12H,1H3;2-5,10H,1H3/b3-1+,11-6-;4-3+;5-3+;3-2+;. The van der Waals surface area contributed by atoms with E-state index in [1.54, 1.807) is 60.7 Å². The third kappa shape index (κ3) is 22.8. The first-order valence-electron chi connectivity index (χ1n) is 20.1. The second-order valence-corrected chi connectivity index (χ2v) is 13.4. The molecule has 370 valence electrons. The van der Waals surface area contributed by atoms with Crippen molar-refractivity contribution >= 4 is 48.6 Å². The Balaban J connectivity index is 0.000000441. The van der Waals surface area contributed by atoms with Crippen LogP contribution >= 0.6 is 0 Å². The van der Waals surface area contributed by atoms with E-state index in [9.17, 15) is 44.7 Å². The second kappa shape index (κ2) is 32.4. The maximum absolute atomic E-state index is 10.8. The average Bonchev–Trinajstić information content (AvgIpc) is 3.36. The normalized spacial score (nSPS) is 10.6. The first-order valence-corrected chi connectivity index (χ1v) is 20.1. The summed E-state index contributed by atoms with van der Waals surface area (Å²) in [5, 5.41) is 90.2. The average molecular weight is 967 g/mol. The highest BCUT2D eigenvalue weighted by Crippen LogP contribution is 2.29. The molecule has 70 heavy (non-hydrogen) atoms. The number of carbonyl (C=O) groups is 4. The van der Waals surface area contributed by atoms with Crippen molar-refractivity contribution in [2.24, 2.45) is 0 Å². The summed E-state index contributed by atoms with van der Waals surface area (Å²) >= 11 is 0. The first-order chi connectivity index (χ1) is 33.4. The minimum absolute atomic E-state index is 0.00938. The summed E-state index contributed by atoms with van der Waals surface area (Å²) in [6.45, 7) is 2.36. The number of carboxylic acids is 1. The molecule has 0 unspecified atom stereocenters. The molecule has 0 aromatic heterocycles. The van der Waals surface area contributed by atoms with Gasteiger partial charge in [0, 0.05) is 23.3 Å². The molecule has 5 rings (SSSR count). The second-order valence-electron chi connectivity index (χ2n) is 13.4. The van der Waals surface area contributed by atoms with Gasteiger partial charge in [-0.25, -0.2) is 4.79 Å². The number of hydrogen-bond donors (Lipinski definition) is 10. The van der Waals surface area contributed by atoms with Crippen molar-refractivity contribution in [1.29, 1.82) is 0 Å². The van der Waals surface area contributed by atoms with E-state index in [2.05, 4.69) is 6.58 Å². The van der Waals surface area contributed by atoms with Gasteiger partial charge in [-0.3, -0.25) is 14.4 Å². The Kier molecular flexibility index (Phi) is 27.2. The van der Waals surface area contributed by atoms with Gasteiger partial charge in [-0.1, -0.05) is 49.1 Å². The fraction of sp³-hybridized carbons (Fsp3) is 0.115. The lowest BCUT2D eigenvalue weighted by Gasteiger charge is -2.03. The Morgan fingerprint density at radius 2 is 0.886 bits per heavy atom. The molecular formula is C52H54O18. The van der Waals surface area contributed by atoms with Crippen LogP contribution in [0.2, 0.25) is 0 Å². The predicted molar refractivity (Wildman–Crippen MR) is 262 cm³/mol. The zero-order valence-corrected chi connectivity index (χ0v) is 38.4. The third-order valence-corrected chi connectivity index (χ3v) is 8.39. The number of aldehydes is 2. The number of phenolic OH excluding ortho intramolecular Hbond substituents is 4. The number of methoxy groups -OCH3 is 4. The van der Waals surface area contributed by atoms with Gasteiger partial charge in [0.05, 0.1) is 35.0 Å². The molecule has 10 N–H and O–H groups in total. The molecular weight excluding hydrogens is 913 g/mol. The molecule has 0 saturated carbocycles. The zero-order valence-electron chi connectivity index (χ0n) is 38.4. The molecule has 0 aliphatic carbocycles. The monoisotopic (exact) mass is 966 g/mol. The largest absolute Gasteiger partial charge is 0.509 e. The van der Waals surface area contributed by atoms with Crippen LogP contribution in [0.3, 0.4) is 0 Å². The quantitative estimate of drug-likeness (QED) is 0.0196. The lowest BCUT2D eigenvalue weighted by atomic mass is 10.1. The lowest BCUT2D eigenvalue weighted by molar-refractivity contribution is -0.131. The molecule has 0 radical (unpaired) electrons. The van der Waals surface area contributed by atoms with E-state index in [0.29, 0.717) is 57.8 Å². The van der Waals surface area contributed by atoms with Crippen LogP contribution in [-0.2, 0) is 21.0 Å². The van der Waals surface area contributed by atoms with Gasteiger partial charge < -0.3 is 70.0 Å². The summed E-state index contributed by atoms with van der Waals surface area (Å²) in [4.78, 5) is 41.3. The van der Waals surface area contributed by atoms with Crippen LogP contribution in [0, 0.1) is 0 Å². The number of allylic oxidation sites excluding steroid dienone is 3. The van der Waals surface area contributed by atoms with Crippen LogP contribution in [0.5, 0.6) is 51.7 Å². The topological polar surface area (TPSA) is 308 Å². The van der Waals surface area contributed by atoms with Crippen molar-refractivity contribution in [3.63, 3.8) is 0 Å². The van der Waals surface area contributed by atoms with E-state index in [1.807, 2.05) is 0 Å². The molecule has 5 aromatic carbocycles. The Morgan fingerprint density at radius 3 is 1.26 bits per heavy atom. The van der Waals surface area contributed by atoms with Crippen molar-refractivity contribution < 1.29 is 89.2 Å². The number of carbonyl (C=O) groups excluding carboxylic acids is 3. The highest BCUT2D eigenvalue weighted by Gasteiger charge is 2.04. The predicted octanol–water partition coefficient (Wildman–Crippen LogP) is 7.71. The van der Waals surface area contributed by atoms with Gasteiger partial charge >= 0.3 is 5.97 Å². The highest BCUT2D eigenvalue weighted by molar-refractivity contribution is 5.91.